The number of nitrogens with one attached hydrogen (secondary N) is 1. The highest BCUT2D eigenvalue weighted by molar-refractivity contribution is 5.82. The van der Waals surface area contributed by atoms with Gasteiger partial charge in [-0.1, -0.05) is 56.0 Å². The van der Waals surface area contributed by atoms with Crippen molar-refractivity contribution in [2.24, 2.45) is 11.7 Å². The van der Waals surface area contributed by atoms with Gasteiger partial charge in [-0.3, -0.25) is 4.79 Å². The van der Waals surface area contributed by atoms with Gasteiger partial charge in [0, 0.05) is 25.2 Å². The van der Waals surface area contributed by atoms with Crippen molar-refractivity contribution in [2.45, 2.75) is 62.8 Å². The largest absolute Gasteiger partial charge is 0.381 e. The standard InChI is InChI=1S/C21H32N2O2/c22-19(17-10-14-25-15-11-17)20(24)23-16-21(12-6-1-2-7-13-21)18-8-4-3-5-9-18/h3-5,8-9,17,19H,1-2,6-7,10-16,22H2,(H,23,24). The summed E-state index contributed by atoms with van der Waals surface area (Å²) in [6.45, 7) is 2.14. The fourth-order valence-corrected chi connectivity index (χ4v) is 4.43. The van der Waals surface area contributed by atoms with Gasteiger partial charge in [0.1, 0.15) is 0 Å². The van der Waals surface area contributed by atoms with Crippen LogP contribution < -0.4 is 11.1 Å². The molecule has 1 heterocycles. The number of hydrogen-bond donors (Lipinski definition) is 2. The maximum absolute atomic E-state index is 12.7. The number of amides is 1. The fourth-order valence-electron chi connectivity index (χ4n) is 4.43. The second kappa shape index (κ2) is 8.81. The third-order valence-electron chi connectivity index (χ3n) is 6.12. The first-order chi connectivity index (χ1) is 12.2. The van der Waals surface area contributed by atoms with Crippen LogP contribution in [-0.4, -0.2) is 31.7 Å². The van der Waals surface area contributed by atoms with E-state index in [-0.39, 0.29) is 17.2 Å². The Morgan fingerprint density at radius 1 is 1.12 bits per heavy atom. The van der Waals surface area contributed by atoms with E-state index in [4.69, 9.17) is 10.5 Å². The Kier molecular flexibility index (Phi) is 6.49. The molecule has 138 valence electrons. The highest BCUT2D eigenvalue weighted by atomic mass is 16.5. The summed E-state index contributed by atoms with van der Waals surface area (Å²) in [5.41, 5.74) is 7.67. The van der Waals surface area contributed by atoms with Crippen molar-refractivity contribution in [1.29, 1.82) is 0 Å². The zero-order valence-electron chi connectivity index (χ0n) is 15.2. The molecule has 2 fully saturated rings. The van der Waals surface area contributed by atoms with Gasteiger partial charge in [-0.05, 0) is 37.2 Å². The predicted molar refractivity (Wildman–Crippen MR) is 100 cm³/mol. The number of ether oxygens (including phenoxy) is 1. The van der Waals surface area contributed by atoms with E-state index < -0.39 is 6.04 Å². The molecule has 1 aliphatic carbocycles. The zero-order chi connectivity index (χ0) is 17.5. The lowest BCUT2D eigenvalue weighted by Gasteiger charge is -2.35. The topological polar surface area (TPSA) is 64.4 Å². The van der Waals surface area contributed by atoms with Crippen LogP contribution in [0.25, 0.3) is 0 Å². The van der Waals surface area contributed by atoms with E-state index >= 15 is 0 Å². The molecular weight excluding hydrogens is 312 g/mol. The molecule has 1 atom stereocenters. The van der Waals surface area contributed by atoms with Crippen LogP contribution in [0.3, 0.4) is 0 Å². The molecule has 1 aromatic carbocycles. The lowest BCUT2D eigenvalue weighted by Crippen LogP contribution is -2.50. The SMILES string of the molecule is NC(C(=O)NCC1(c2ccccc2)CCCCCC1)C1CCOCC1. The molecule has 4 heteroatoms. The Labute approximate surface area is 151 Å². The second-order valence-corrected chi connectivity index (χ2v) is 7.75. The molecule has 3 rings (SSSR count). The molecule has 0 radical (unpaired) electrons. The van der Waals surface area contributed by atoms with E-state index in [1.165, 1.54) is 31.2 Å². The van der Waals surface area contributed by atoms with E-state index in [0.717, 1.165) is 38.9 Å². The number of nitrogens with two attached hydrogens (primary N) is 1. The van der Waals surface area contributed by atoms with Crippen molar-refractivity contribution in [3.05, 3.63) is 35.9 Å². The molecular formula is C21H32N2O2. The van der Waals surface area contributed by atoms with Crippen LogP contribution in [0, 0.1) is 5.92 Å². The molecule has 1 saturated heterocycles. The van der Waals surface area contributed by atoms with E-state index in [2.05, 4.69) is 35.6 Å². The number of rotatable bonds is 5. The lowest BCUT2D eigenvalue weighted by atomic mass is 9.74. The van der Waals surface area contributed by atoms with Gasteiger partial charge in [0.25, 0.3) is 0 Å². The van der Waals surface area contributed by atoms with Crippen molar-refractivity contribution >= 4 is 5.91 Å². The summed E-state index contributed by atoms with van der Waals surface area (Å²) in [4.78, 5) is 12.7. The van der Waals surface area contributed by atoms with Crippen LogP contribution in [0.15, 0.2) is 30.3 Å². The monoisotopic (exact) mass is 344 g/mol. The van der Waals surface area contributed by atoms with Gasteiger partial charge in [-0.15, -0.1) is 0 Å². The summed E-state index contributed by atoms with van der Waals surface area (Å²) in [6.07, 6.45) is 9.12. The molecule has 1 aliphatic heterocycles. The highest BCUT2D eigenvalue weighted by Crippen LogP contribution is 2.38. The number of benzene rings is 1. The maximum Gasteiger partial charge on any atom is 0.237 e. The zero-order valence-corrected chi connectivity index (χ0v) is 15.2. The van der Waals surface area contributed by atoms with Crippen molar-refractivity contribution in [2.75, 3.05) is 19.8 Å². The van der Waals surface area contributed by atoms with Crippen LogP contribution in [0.5, 0.6) is 0 Å². The smallest absolute Gasteiger partial charge is 0.237 e. The molecule has 3 N–H and O–H groups in total. The summed E-state index contributed by atoms with van der Waals surface area (Å²) in [5.74, 6) is 0.252. The van der Waals surface area contributed by atoms with Crippen molar-refractivity contribution < 1.29 is 9.53 Å². The van der Waals surface area contributed by atoms with Crippen LogP contribution in [-0.2, 0) is 14.9 Å². The second-order valence-electron chi connectivity index (χ2n) is 7.75. The van der Waals surface area contributed by atoms with E-state index in [1.54, 1.807) is 0 Å². The third-order valence-corrected chi connectivity index (χ3v) is 6.12. The first kappa shape index (κ1) is 18.4. The van der Waals surface area contributed by atoms with Gasteiger partial charge in [0.2, 0.25) is 5.91 Å². The quantitative estimate of drug-likeness (QED) is 0.807. The highest BCUT2D eigenvalue weighted by Gasteiger charge is 2.34. The molecule has 25 heavy (non-hydrogen) atoms. The van der Waals surface area contributed by atoms with E-state index in [1.807, 2.05) is 0 Å². The van der Waals surface area contributed by atoms with Gasteiger partial charge in [-0.25, -0.2) is 0 Å². The first-order valence-electron chi connectivity index (χ1n) is 9.88. The molecule has 1 aromatic rings. The normalized spacial score (nSPS) is 22.8. The van der Waals surface area contributed by atoms with Gasteiger partial charge in [-0.2, -0.15) is 0 Å². The molecule has 0 aromatic heterocycles. The van der Waals surface area contributed by atoms with E-state index in [9.17, 15) is 4.79 Å². The molecule has 1 unspecified atom stereocenters. The minimum absolute atomic E-state index is 0.00598. The van der Waals surface area contributed by atoms with Crippen LogP contribution in [0.4, 0.5) is 0 Å². The molecule has 1 amide bonds. The number of carbonyl (C=O) groups excluding carboxylic acids is 1. The molecule has 0 spiro atoms. The average molecular weight is 344 g/mol. The summed E-state index contributed by atoms with van der Waals surface area (Å²) in [5, 5.41) is 3.21. The Bertz CT molecular complexity index is 532. The molecule has 4 nitrogen and oxygen atoms in total. The van der Waals surface area contributed by atoms with Gasteiger partial charge < -0.3 is 15.8 Å². The summed E-state index contributed by atoms with van der Waals surface area (Å²) in [7, 11) is 0. The van der Waals surface area contributed by atoms with Gasteiger partial charge in [0.15, 0.2) is 0 Å². The molecule has 0 bridgehead atoms. The minimum Gasteiger partial charge on any atom is -0.381 e. The number of carbonyl (C=O) groups is 1. The molecule has 2 aliphatic rings. The van der Waals surface area contributed by atoms with Crippen molar-refractivity contribution in [3.63, 3.8) is 0 Å². The average Bonchev–Trinajstić information content (AvgIpc) is 2.93. The van der Waals surface area contributed by atoms with Crippen LogP contribution in [0.2, 0.25) is 0 Å². The number of hydrogen-bond acceptors (Lipinski definition) is 3. The Hall–Kier alpha value is -1.39. The minimum atomic E-state index is -0.414. The summed E-state index contributed by atoms with van der Waals surface area (Å²) in [6, 6.07) is 10.3. The summed E-state index contributed by atoms with van der Waals surface area (Å²) >= 11 is 0. The Morgan fingerprint density at radius 3 is 2.40 bits per heavy atom. The van der Waals surface area contributed by atoms with Crippen LogP contribution in [0.1, 0.15) is 56.9 Å². The van der Waals surface area contributed by atoms with Crippen molar-refractivity contribution in [3.8, 4) is 0 Å². The Morgan fingerprint density at radius 2 is 1.76 bits per heavy atom. The van der Waals surface area contributed by atoms with Crippen molar-refractivity contribution in [1.82, 2.24) is 5.32 Å². The predicted octanol–water partition coefficient (Wildman–Crippen LogP) is 3.15. The Balaban J connectivity index is 1.67. The fraction of sp³-hybridized carbons (Fsp3) is 0.667. The van der Waals surface area contributed by atoms with E-state index in [0.29, 0.717) is 6.54 Å². The molecule has 1 saturated carbocycles. The lowest BCUT2D eigenvalue weighted by molar-refractivity contribution is -0.124. The summed E-state index contributed by atoms with van der Waals surface area (Å²) < 4.78 is 5.39. The van der Waals surface area contributed by atoms with Gasteiger partial charge >= 0.3 is 0 Å². The maximum atomic E-state index is 12.7. The third kappa shape index (κ3) is 4.62. The van der Waals surface area contributed by atoms with Crippen LogP contribution >= 0.6 is 0 Å². The first-order valence-corrected chi connectivity index (χ1v) is 9.88. The van der Waals surface area contributed by atoms with Gasteiger partial charge in [0.05, 0.1) is 6.04 Å².